The van der Waals surface area contributed by atoms with Gasteiger partial charge < -0.3 is 10.4 Å². The van der Waals surface area contributed by atoms with Gasteiger partial charge >= 0.3 is 0 Å². The molecule has 88 valence electrons. The predicted octanol–water partition coefficient (Wildman–Crippen LogP) is 0.799. The highest BCUT2D eigenvalue weighted by atomic mass is 16.3. The molecule has 0 fully saturated rings. The maximum atomic E-state index is 11.8. The van der Waals surface area contributed by atoms with Crippen molar-refractivity contribution in [3.05, 3.63) is 42.1 Å². The fraction of sp³-hybridized carbons (Fsp3) is 0.167. The number of aromatic amines is 1. The molecule has 0 aliphatic rings. The number of H-pyrrole nitrogens is 1. The second-order valence-electron chi connectivity index (χ2n) is 3.50. The van der Waals surface area contributed by atoms with E-state index >= 15 is 0 Å². The first kappa shape index (κ1) is 11.3. The van der Waals surface area contributed by atoms with Crippen LogP contribution in [-0.2, 0) is 0 Å². The summed E-state index contributed by atoms with van der Waals surface area (Å²) in [5.41, 5.74) is 2.06. The lowest BCUT2D eigenvalue weighted by atomic mass is 10.1. The van der Waals surface area contributed by atoms with Crippen molar-refractivity contribution in [2.45, 2.75) is 0 Å². The van der Waals surface area contributed by atoms with Crippen LogP contribution in [0.2, 0.25) is 0 Å². The van der Waals surface area contributed by atoms with Crippen LogP contribution >= 0.6 is 0 Å². The minimum absolute atomic E-state index is 0.0791. The molecule has 5 heteroatoms. The van der Waals surface area contributed by atoms with Crippen LogP contribution in [0.1, 0.15) is 10.4 Å². The maximum absolute atomic E-state index is 11.8. The number of hydrogen-bond donors (Lipinski definition) is 3. The summed E-state index contributed by atoms with van der Waals surface area (Å²) in [6.45, 7) is 0.155. The molecule has 0 unspecified atom stereocenters. The van der Waals surface area contributed by atoms with Crippen molar-refractivity contribution in [3.63, 3.8) is 0 Å². The van der Waals surface area contributed by atoms with Crippen LogP contribution in [0, 0.1) is 0 Å². The van der Waals surface area contributed by atoms with E-state index in [-0.39, 0.29) is 19.1 Å². The van der Waals surface area contributed by atoms with Gasteiger partial charge in [-0.05, 0) is 0 Å². The molecule has 1 heterocycles. The van der Waals surface area contributed by atoms with Crippen LogP contribution in [0.15, 0.2) is 36.5 Å². The Balaban J connectivity index is 2.26. The molecular formula is C12H13N3O2. The van der Waals surface area contributed by atoms with Crippen LogP contribution in [0.5, 0.6) is 0 Å². The number of carbonyl (C=O) groups excluding carboxylic acids is 1. The first-order chi connectivity index (χ1) is 8.33. The van der Waals surface area contributed by atoms with Gasteiger partial charge in [-0.3, -0.25) is 9.89 Å². The molecule has 0 spiro atoms. The number of nitrogens with zero attached hydrogens (tertiary/aromatic N) is 1. The highest BCUT2D eigenvalue weighted by Gasteiger charge is 2.14. The zero-order valence-corrected chi connectivity index (χ0v) is 9.18. The van der Waals surface area contributed by atoms with Gasteiger partial charge in [0.05, 0.1) is 24.1 Å². The Morgan fingerprint density at radius 3 is 2.82 bits per heavy atom. The van der Waals surface area contributed by atoms with E-state index in [1.54, 1.807) is 0 Å². The van der Waals surface area contributed by atoms with Gasteiger partial charge in [-0.1, -0.05) is 30.3 Å². The maximum Gasteiger partial charge on any atom is 0.255 e. The van der Waals surface area contributed by atoms with E-state index in [4.69, 9.17) is 5.11 Å². The van der Waals surface area contributed by atoms with E-state index < -0.39 is 0 Å². The molecule has 17 heavy (non-hydrogen) atoms. The Labute approximate surface area is 98.5 Å². The third-order valence-electron chi connectivity index (χ3n) is 2.34. The standard InChI is InChI=1S/C12H13N3O2/c16-7-6-13-12(17)10-8-14-15-11(10)9-4-2-1-3-5-9/h1-5,8,16H,6-7H2,(H,13,17)(H,14,15). The van der Waals surface area contributed by atoms with Crippen molar-refractivity contribution < 1.29 is 9.90 Å². The third-order valence-corrected chi connectivity index (χ3v) is 2.34. The smallest absolute Gasteiger partial charge is 0.255 e. The molecule has 0 saturated heterocycles. The van der Waals surface area contributed by atoms with Gasteiger partial charge in [0.1, 0.15) is 0 Å². The predicted molar refractivity (Wildman–Crippen MR) is 63.4 cm³/mol. The zero-order valence-electron chi connectivity index (χ0n) is 9.18. The molecule has 1 aromatic carbocycles. The molecule has 5 nitrogen and oxygen atoms in total. The van der Waals surface area contributed by atoms with Crippen LogP contribution in [-0.4, -0.2) is 34.4 Å². The van der Waals surface area contributed by atoms with Gasteiger partial charge in [0.2, 0.25) is 0 Å². The minimum Gasteiger partial charge on any atom is -0.395 e. The molecule has 0 radical (unpaired) electrons. The summed E-state index contributed by atoms with van der Waals surface area (Å²) in [6.07, 6.45) is 1.48. The summed E-state index contributed by atoms with van der Waals surface area (Å²) >= 11 is 0. The van der Waals surface area contributed by atoms with Crippen LogP contribution in [0.3, 0.4) is 0 Å². The van der Waals surface area contributed by atoms with Crippen molar-refractivity contribution in [1.29, 1.82) is 0 Å². The highest BCUT2D eigenvalue weighted by Crippen LogP contribution is 2.20. The lowest BCUT2D eigenvalue weighted by Crippen LogP contribution is -2.26. The van der Waals surface area contributed by atoms with E-state index in [0.29, 0.717) is 11.3 Å². The van der Waals surface area contributed by atoms with Gasteiger partial charge in [0.25, 0.3) is 5.91 Å². The first-order valence-electron chi connectivity index (χ1n) is 5.31. The number of nitrogens with one attached hydrogen (secondary N) is 2. The van der Waals surface area contributed by atoms with E-state index in [9.17, 15) is 4.79 Å². The number of aliphatic hydroxyl groups excluding tert-OH is 1. The number of aliphatic hydroxyl groups is 1. The molecule has 0 atom stereocenters. The summed E-state index contributed by atoms with van der Waals surface area (Å²) in [5, 5.41) is 17.9. The number of rotatable bonds is 4. The first-order valence-corrected chi connectivity index (χ1v) is 5.31. The fourth-order valence-corrected chi connectivity index (χ4v) is 1.55. The Bertz CT molecular complexity index is 493. The Kier molecular flexibility index (Phi) is 3.52. The van der Waals surface area contributed by atoms with Gasteiger partial charge in [0, 0.05) is 12.1 Å². The molecule has 2 aromatic rings. The minimum atomic E-state index is -0.244. The third kappa shape index (κ3) is 2.51. The normalized spacial score (nSPS) is 10.2. The summed E-state index contributed by atoms with van der Waals surface area (Å²) < 4.78 is 0. The molecule has 1 amide bonds. The Morgan fingerprint density at radius 2 is 2.12 bits per heavy atom. The van der Waals surface area contributed by atoms with Crippen LogP contribution in [0.25, 0.3) is 11.3 Å². The Hall–Kier alpha value is -2.14. The number of hydrogen-bond acceptors (Lipinski definition) is 3. The molecule has 0 saturated carbocycles. The topological polar surface area (TPSA) is 78.0 Å². The van der Waals surface area contributed by atoms with Crippen molar-refractivity contribution in [2.75, 3.05) is 13.2 Å². The lowest BCUT2D eigenvalue weighted by Gasteiger charge is -2.04. The van der Waals surface area contributed by atoms with E-state index in [0.717, 1.165) is 5.56 Å². The van der Waals surface area contributed by atoms with Gasteiger partial charge in [-0.15, -0.1) is 0 Å². The number of amides is 1. The average Bonchev–Trinajstić information content (AvgIpc) is 2.86. The SMILES string of the molecule is O=C(NCCO)c1cn[nH]c1-c1ccccc1. The van der Waals surface area contributed by atoms with E-state index in [1.807, 2.05) is 30.3 Å². The number of carbonyl (C=O) groups is 1. The van der Waals surface area contributed by atoms with E-state index in [2.05, 4.69) is 15.5 Å². The second-order valence-corrected chi connectivity index (χ2v) is 3.50. The molecule has 3 N–H and O–H groups in total. The average molecular weight is 231 g/mol. The van der Waals surface area contributed by atoms with Crippen molar-refractivity contribution in [1.82, 2.24) is 15.5 Å². The number of benzene rings is 1. The Morgan fingerprint density at radius 1 is 1.35 bits per heavy atom. The molecular weight excluding hydrogens is 218 g/mol. The summed E-state index contributed by atoms with van der Waals surface area (Å²) in [5.74, 6) is -0.244. The largest absolute Gasteiger partial charge is 0.395 e. The van der Waals surface area contributed by atoms with Gasteiger partial charge in [-0.25, -0.2) is 0 Å². The molecule has 0 bridgehead atoms. The molecule has 2 rings (SSSR count). The van der Waals surface area contributed by atoms with E-state index in [1.165, 1.54) is 6.20 Å². The highest BCUT2D eigenvalue weighted by molar-refractivity contribution is 5.99. The van der Waals surface area contributed by atoms with Crippen LogP contribution < -0.4 is 5.32 Å². The monoisotopic (exact) mass is 231 g/mol. The van der Waals surface area contributed by atoms with Gasteiger partial charge in [0.15, 0.2) is 0 Å². The fourth-order valence-electron chi connectivity index (χ4n) is 1.55. The van der Waals surface area contributed by atoms with Crippen molar-refractivity contribution >= 4 is 5.91 Å². The molecule has 1 aromatic heterocycles. The van der Waals surface area contributed by atoms with Gasteiger partial charge in [-0.2, -0.15) is 5.10 Å². The summed E-state index contributed by atoms with van der Waals surface area (Å²) in [7, 11) is 0. The van der Waals surface area contributed by atoms with Crippen molar-refractivity contribution in [2.24, 2.45) is 0 Å². The van der Waals surface area contributed by atoms with Crippen LogP contribution in [0.4, 0.5) is 0 Å². The molecule has 0 aliphatic carbocycles. The molecule has 0 aliphatic heterocycles. The summed E-state index contributed by atoms with van der Waals surface area (Å²) in [6, 6.07) is 9.50. The second kappa shape index (κ2) is 5.27. The quantitative estimate of drug-likeness (QED) is 0.728. The zero-order chi connectivity index (χ0) is 12.1. The lowest BCUT2D eigenvalue weighted by molar-refractivity contribution is 0.0945. The van der Waals surface area contributed by atoms with Crippen molar-refractivity contribution in [3.8, 4) is 11.3 Å². The summed E-state index contributed by atoms with van der Waals surface area (Å²) in [4.78, 5) is 11.8. The number of aromatic nitrogens is 2.